The zero-order valence-corrected chi connectivity index (χ0v) is 36.6. The molecule has 2 unspecified atom stereocenters. The number of imidazole rings is 2. The molecule has 8 atom stereocenters. The van der Waals surface area contributed by atoms with Gasteiger partial charge in [0.2, 0.25) is 0 Å². The Kier molecular flexibility index (Phi) is 9.82. The van der Waals surface area contributed by atoms with Crippen molar-refractivity contribution in [3.05, 3.63) is 133 Å². The van der Waals surface area contributed by atoms with Gasteiger partial charge < -0.3 is 39.5 Å². The van der Waals surface area contributed by atoms with Crippen LogP contribution >= 0.6 is 0 Å². The molecule has 4 bridgehead atoms. The predicted molar refractivity (Wildman–Crippen MR) is 239 cm³/mol. The Morgan fingerprint density at radius 3 is 1.61 bits per heavy atom. The highest BCUT2D eigenvalue weighted by atomic mass is 16.7. The first-order valence-corrected chi connectivity index (χ1v) is 22.8. The molecule has 66 heavy (non-hydrogen) atoms. The number of aromatic nitrogens is 8. The highest BCUT2D eigenvalue weighted by Gasteiger charge is 2.79. The molecule has 4 aliphatic heterocycles. The molecule has 2 spiro atoms. The summed E-state index contributed by atoms with van der Waals surface area (Å²) in [6, 6.07) is 29.4. The minimum Gasteiger partial charge on any atom is -0.382 e. The lowest BCUT2D eigenvalue weighted by Gasteiger charge is -2.38. The lowest BCUT2D eigenvalue weighted by atomic mass is 9.87. The fourth-order valence-electron chi connectivity index (χ4n) is 11.1. The molecule has 4 saturated heterocycles. The maximum Gasteiger partial charge on any atom is 0.256 e. The Balaban J connectivity index is 0.000000142. The van der Waals surface area contributed by atoms with E-state index < -0.39 is 17.4 Å². The fourth-order valence-corrected chi connectivity index (χ4v) is 11.1. The summed E-state index contributed by atoms with van der Waals surface area (Å²) in [5.74, 6) is 0.450. The molecule has 2 aliphatic carbocycles. The number of nitrogens with one attached hydrogen (secondary N) is 1. The van der Waals surface area contributed by atoms with Crippen molar-refractivity contribution in [1.29, 1.82) is 0 Å². The average molecular weight is 891 g/mol. The number of hydrogen-bond donors (Lipinski definition) is 2. The van der Waals surface area contributed by atoms with Crippen LogP contribution in [0.4, 0.5) is 11.6 Å². The fraction of sp³-hybridized carbons (Fsp3) is 0.408. The first-order valence-electron chi connectivity index (χ1n) is 22.8. The molecule has 1 amide bonds. The topological polar surface area (TPSA) is 198 Å². The third-order valence-electron chi connectivity index (χ3n) is 14.6. The Labute approximate surface area is 380 Å². The van der Waals surface area contributed by atoms with Crippen molar-refractivity contribution in [3.63, 3.8) is 0 Å². The van der Waals surface area contributed by atoms with E-state index in [0.717, 1.165) is 49.7 Å². The summed E-state index contributed by atoms with van der Waals surface area (Å²) in [6.45, 7) is 5.30. The van der Waals surface area contributed by atoms with E-state index in [1.54, 1.807) is 24.8 Å². The van der Waals surface area contributed by atoms with E-state index in [4.69, 9.17) is 34.2 Å². The number of benzene rings is 3. The SMILES string of the molecule is CC[C@]12O[C@@H](n3cnc4c(N)ncnc43)[C@@H](OC13CC3)C2OCc1ccccc1.CC[C@]12O[C@@H](n3cnc4c(NC(=O)c5ccccc5)ncnc43)[C@@H](OC13CC3)C2OCc1ccccc1. The van der Waals surface area contributed by atoms with Crippen LogP contribution in [-0.4, -0.2) is 91.8 Å². The summed E-state index contributed by atoms with van der Waals surface area (Å²) >= 11 is 0. The summed E-state index contributed by atoms with van der Waals surface area (Å²) in [5.41, 5.74) is 9.52. The lowest BCUT2D eigenvalue weighted by Crippen LogP contribution is -2.49. The second-order valence-electron chi connectivity index (χ2n) is 18.0. The second kappa shape index (κ2) is 15.7. The number of amides is 1. The van der Waals surface area contributed by atoms with Gasteiger partial charge in [-0.2, -0.15) is 0 Å². The van der Waals surface area contributed by atoms with Gasteiger partial charge in [-0.25, -0.2) is 29.9 Å². The number of carbonyl (C=O) groups is 1. The van der Waals surface area contributed by atoms with Crippen molar-refractivity contribution < 1.29 is 33.2 Å². The molecule has 17 heteroatoms. The van der Waals surface area contributed by atoms with E-state index in [2.05, 4.69) is 73.3 Å². The van der Waals surface area contributed by atoms with Crippen molar-refractivity contribution in [2.24, 2.45) is 0 Å². The summed E-state index contributed by atoms with van der Waals surface area (Å²) in [7, 11) is 0. The van der Waals surface area contributed by atoms with Crippen LogP contribution in [0.3, 0.4) is 0 Å². The van der Waals surface area contributed by atoms with Crippen LogP contribution < -0.4 is 11.1 Å². The standard InChI is InChI=1S/C28H27N5O4.C21H23N5O3/c1-2-28-22(35-15-18-9-5-3-6-10-18)21(36-27(28)13-14-27)26(37-28)33-17-31-20-23(29-16-30-24(20)33)32-25(34)19-11-7-4-8-12-19;1-2-21-16(27-10-13-6-4-3-5-7-13)15(28-20(21)8-9-20)19(29-21)26-12-25-14-17(22)23-11-24-18(14)26/h3-12,16-17,21-22,26H,2,13-15H2,1H3,(H,29,30,32,34);3-7,11-12,15-16,19H,2,8-10H2,1H3,(H2,22,23,24)/t21-,22?,26+,28+;15-,16?,19+,21+/m00/s1. The number of nitrogens with zero attached hydrogens (tertiary/aromatic N) is 8. The highest BCUT2D eigenvalue weighted by molar-refractivity contribution is 6.06. The van der Waals surface area contributed by atoms with E-state index in [-0.39, 0.29) is 47.8 Å². The second-order valence-corrected chi connectivity index (χ2v) is 18.0. The molecule has 4 aromatic heterocycles. The van der Waals surface area contributed by atoms with E-state index in [1.165, 1.54) is 12.7 Å². The van der Waals surface area contributed by atoms with Crippen LogP contribution in [0, 0.1) is 0 Å². The van der Waals surface area contributed by atoms with Gasteiger partial charge in [-0.1, -0.05) is 92.7 Å². The van der Waals surface area contributed by atoms with Crippen LogP contribution in [0.15, 0.2) is 116 Å². The molecule has 6 aliphatic rings. The van der Waals surface area contributed by atoms with Gasteiger partial charge in [-0.3, -0.25) is 13.9 Å². The quantitative estimate of drug-likeness (QED) is 0.129. The molecule has 0 radical (unpaired) electrons. The van der Waals surface area contributed by atoms with Crippen LogP contribution in [0.1, 0.15) is 86.3 Å². The maximum absolute atomic E-state index is 12.7. The first kappa shape index (κ1) is 41.2. The van der Waals surface area contributed by atoms with Crippen LogP contribution in [0.5, 0.6) is 0 Å². The molecule has 7 aromatic rings. The van der Waals surface area contributed by atoms with Gasteiger partial charge in [0, 0.05) is 5.56 Å². The summed E-state index contributed by atoms with van der Waals surface area (Å²) < 4.78 is 43.7. The number of nitrogen functional groups attached to an aromatic ring is 1. The average Bonchev–Trinajstić information content (AvgIpc) is 3.97. The molecule has 2 saturated carbocycles. The van der Waals surface area contributed by atoms with E-state index >= 15 is 0 Å². The Morgan fingerprint density at radius 2 is 1.11 bits per heavy atom. The summed E-state index contributed by atoms with van der Waals surface area (Å²) in [5, 5.41) is 2.87. The number of fused-ring (bicyclic) bond motifs is 8. The molecule has 3 N–H and O–H groups in total. The first-order chi connectivity index (χ1) is 32.3. The highest BCUT2D eigenvalue weighted by Crippen LogP contribution is 2.67. The van der Waals surface area contributed by atoms with Gasteiger partial charge in [0.15, 0.2) is 40.9 Å². The maximum atomic E-state index is 12.7. The Bertz CT molecular complexity index is 2910. The van der Waals surface area contributed by atoms with Crippen molar-refractivity contribution >= 4 is 39.9 Å². The summed E-state index contributed by atoms with van der Waals surface area (Å²) in [6.07, 6.45) is 10.1. The van der Waals surface area contributed by atoms with Crippen molar-refractivity contribution in [3.8, 4) is 0 Å². The number of anilines is 2. The number of hydrogen-bond acceptors (Lipinski definition) is 14. The third kappa shape index (κ3) is 6.32. The molecular weight excluding hydrogens is 841 g/mol. The molecule has 8 heterocycles. The molecule has 338 valence electrons. The number of carbonyl (C=O) groups excluding carboxylic acids is 1. The number of nitrogens with two attached hydrogens (primary N) is 1. The molecule has 13 rings (SSSR count). The Hall–Kier alpha value is -6.21. The minimum atomic E-state index is -0.537. The molecule has 6 fully saturated rings. The van der Waals surface area contributed by atoms with Gasteiger partial charge in [0.1, 0.15) is 65.0 Å². The number of ether oxygens (including phenoxy) is 6. The third-order valence-corrected chi connectivity index (χ3v) is 14.6. The zero-order chi connectivity index (χ0) is 44.7. The van der Waals surface area contributed by atoms with Crippen molar-refractivity contribution in [2.75, 3.05) is 11.1 Å². The van der Waals surface area contributed by atoms with Crippen LogP contribution in [-0.2, 0) is 41.6 Å². The largest absolute Gasteiger partial charge is 0.382 e. The molecule has 3 aromatic carbocycles. The summed E-state index contributed by atoms with van der Waals surface area (Å²) in [4.78, 5) is 38.9. The Morgan fingerprint density at radius 1 is 0.636 bits per heavy atom. The van der Waals surface area contributed by atoms with E-state index in [9.17, 15) is 4.79 Å². The van der Waals surface area contributed by atoms with Crippen LogP contribution in [0.25, 0.3) is 22.3 Å². The lowest BCUT2D eigenvalue weighted by molar-refractivity contribution is -0.224. The normalized spacial score (nSPS) is 29.1. The molecular formula is C49H50N10O7. The molecule has 17 nitrogen and oxygen atoms in total. The van der Waals surface area contributed by atoms with E-state index in [0.29, 0.717) is 52.7 Å². The van der Waals surface area contributed by atoms with Gasteiger partial charge in [-0.15, -0.1) is 0 Å². The smallest absolute Gasteiger partial charge is 0.256 e. The van der Waals surface area contributed by atoms with Crippen LogP contribution in [0.2, 0.25) is 0 Å². The predicted octanol–water partition coefficient (Wildman–Crippen LogP) is 6.88. The zero-order valence-electron chi connectivity index (χ0n) is 36.6. The van der Waals surface area contributed by atoms with Gasteiger partial charge in [0.25, 0.3) is 5.91 Å². The van der Waals surface area contributed by atoms with E-state index in [1.807, 2.05) is 63.7 Å². The minimum absolute atomic E-state index is 0.156. The van der Waals surface area contributed by atoms with Gasteiger partial charge in [-0.05, 0) is 61.8 Å². The monoisotopic (exact) mass is 890 g/mol. The number of rotatable bonds is 12. The van der Waals surface area contributed by atoms with Gasteiger partial charge in [0.05, 0.1) is 25.9 Å². The van der Waals surface area contributed by atoms with Gasteiger partial charge >= 0.3 is 0 Å². The van der Waals surface area contributed by atoms with Crippen molar-refractivity contribution in [1.82, 2.24) is 39.0 Å². The van der Waals surface area contributed by atoms with Crippen molar-refractivity contribution in [2.45, 2.75) is 125 Å².